The number of quaternary nitrogens is 2. The summed E-state index contributed by atoms with van der Waals surface area (Å²) in [5.41, 5.74) is 1.31. The van der Waals surface area contributed by atoms with Crippen molar-refractivity contribution >= 4 is 22.6 Å². The number of imide groups is 1. The van der Waals surface area contributed by atoms with Crippen molar-refractivity contribution < 1.29 is 44.6 Å². The molecule has 4 rings (SSSR count). The summed E-state index contributed by atoms with van der Waals surface area (Å²) in [6.07, 6.45) is 0.866. The van der Waals surface area contributed by atoms with Gasteiger partial charge in [-0.05, 0) is 17.5 Å². The summed E-state index contributed by atoms with van der Waals surface area (Å²) in [7, 11) is 0. The monoisotopic (exact) mass is 395 g/mol. The predicted molar refractivity (Wildman–Crippen MR) is 91.2 cm³/mol. The molecule has 0 aromatic heterocycles. The van der Waals surface area contributed by atoms with Gasteiger partial charge in [0.05, 0.1) is 6.54 Å². The molecule has 0 saturated carbocycles. The summed E-state index contributed by atoms with van der Waals surface area (Å²) in [6, 6.07) is 11.4. The number of nitrogens with two attached hydrogens (primary N) is 1. The second-order valence-electron chi connectivity index (χ2n) is 6.69. The molecule has 140 valence electrons. The Balaban J connectivity index is 0.00000121. The first-order chi connectivity index (χ1) is 11.8. The lowest BCUT2D eigenvalue weighted by atomic mass is 9.94. The van der Waals surface area contributed by atoms with Crippen molar-refractivity contribution in [2.24, 2.45) is 0 Å². The van der Waals surface area contributed by atoms with Crippen LogP contribution in [0, 0.1) is 0 Å². The minimum atomic E-state index is -0.147. The van der Waals surface area contributed by atoms with Crippen LogP contribution in [0.2, 0.25) is 0 Å². The van der Waals surface area contributed by atoms with Gasteiger partial charge in [0.2, 0.25) is 0 Å². The summed E-state index contributed by atoms with van der Waals surface area (Å²) < 4.78 is 0. The van der Waals surface area contributed by atoms with Crippen LogP contribution in [-0.4, -0.2) is 56.0 Å². The van der Waals surface area contributed by atoms with Crippen molar-refractivity contribution in [3.8, 4) is 0 Å². The van der Waals surface area contributed by atoms with Crippen LogP contribution < -0.4 is 35.0 Å². The number of nitrogens with zero attached hydrogens (tertiary/aromatic N) is 1. The highest BCUT2D eigenvalue weighted by atomic mass is 35.5. The number of benzene rings is 2. The van der Waals surface area contributed by atoms with Gasteiger partial charge in [-0.2, -0.15) is 0 Å². The average Bonchev–Trinajstić information content (AvgIpc) is 2.63. The maximum atomic E-state index is 12.8. The Morgan fingerprint density at radius 1 is 0.923 bits per heavy atom. The molecule has 0 unspecified atom stereocenters. The van der Waals surface area contributed by atoms with Gasteiger partial charge in [0.1, 0.15) is 26.2 Å². The Morgan fingerprint density at radius 3 is 2.08 bits per heavy atom. The third-order valence-electron chi connectivity index (χ3n) is 5.17. The first kappa shape index (κ1) is 20.6. The quantitative estimate of drug-likeness (QED) is 0.505. The zero-order valence-corrected chi connectivity index (χ0v) is 16.0. The third-order valence-corrected chi connectivity index (χ3v) is 5.17. The van der Waals surface area contributed by atoms with Gasteiger partial charge in [0.15, 0.2) is 0 Å². The van der Waals surface area contributed by atoms with E-state index in [0.29, 0.717) is 17.7 Å². The Morgan fingerprint density at radius 2 is 1.50 bits per heavy atom. The summed E-state index contributed by atoms with van der Waals surface area (Å²) >= 11 is 0. The van der Waals surface area contributed by atoms with Gasteiger partial charge in [0, 0.05) is 29.5 Å². The predicted octanol–water partition coefficient (Wildman–Crippen LogP) is -6.70. The number of nitrogens with one attached hydrogen (secondary N) is 1. The fourth-order valence-corrected chi connectivity index (χ4v) is 3.90. The number of carbonyl (C=O) groups is 2. The van der Waals surface area contributed by atoms with E-state index >= 15 is 0 Å². The minimum Gasteiger partial charge on any atom is -1.00 e. The molecular formula is C19H23Cl2N3O2. The van der Waals surface area contributed by atoms with E-state index in [9.17, 15) is 9.59 Å². The smallest absolute Gasteiger partial charge is 0.261 e. The van der Waals surface area contributed by atoms with E-state index in [1.165, 1.54) is 31.1 Å². The number of rotatable bonds is 4. The van der Waals surface area contributed by atoms with E-state index < -0.39 is 0 Å². The van der Waals surface area contributed by atoms with Crippen LogP contribution in [-0.2, 0) is 0 Å². The number of amides is 2. The van der Waals surface area contributed by atoms with Gasteiger partial charge < -0.3 is 35.0 Å². The van der Waals surface area contributed by atoms with Crippen molar-refractivity contribution in [1.82, 2.24) is 4.90 Å². The standard InChI is InChI=1S/C19H21N3O2.2ClH/c23-18-15-6-1-4-14-5-2-7-16(17(14)15)19(24)22(18)11-3-10-21-12-8-20-9-13-21;;/h1-2,4-7,20H,3,8-13H2;2*1H. The molecule has 26 heavy (non-hydrogen) atoms. The highest BCUT2D eigenvalue weighted by molar-refractivity contribution is 6.25. The summed E-state index contributed by atoms with van der Waals surface area (Å²) in [5, 5.41) is 4.11. The van der Waals surface area contributed by atoms with E-state index in [0.717, 1.165) is 23.7 Å². The number of piperazine rings is 1. The van der Waals surface area contributed by atoms with Gasteiger partial charge in [-0.1, -0.05) is 24.3 Å². The van der Waals surface area contributed by atoms with E-state index in [-0.39, 0.29) is 36.6 Å². The van der Waals surface area contributed by atoms with Gasteiger partial charge in [-0.25, -0.2) is 0 Å². The van der Waals surface area contributed by atoms with Crippen LogP contribution in [0.4, 0.5) is 0 Å². The molecule has 1 saturated heterocycles. The van der Waals surface area contributed by atoms with Crippen molar-refractivity contribution in [2.75, 3.05) is 39.3 Å². The molecule has 0 bridgehead atoms. The molecule has 0 aliphatic carbocycles. The Hall–Kier alpha value is -1.66. The SMILES string of the molecule is O=C1c2cccc3cccc(c23)C(=O)N1CCC[NH+]1CC[NH2+]CC1.[Cl-].[Cl-]. The van der Waals surface area contributed by atoms with Gasteiger partial charge in [-0.3, -0.25) is 14.5 Å². The number of carbonyl (C=O) groups excluding carboxylic acids is 2. The molecule has 3 N–H and O–H groups in total. The lowest BCUT2D eigenvalue weighted by Crippen LogP contribution is -3.20. The first-order valence-electron chi connectivity index (χ1n) is 8.79. The zero-order chi connectivity index (χ0) is 16.5. The summed E-state index contributed by atoms with van der Waals surface area (Å²) in [4.78, 5) is 28.6. The van der Waals surface area contributed by atoms with Crippen LogP contribution in [0.15, 0.2) is 36.4 Å². The molecule has 2 aliphatic heterocycles. The molecular weight excluding hydrogens is 373 g/mol. The van der Waals surface area contributed by atoms with E-state index in [1.54, 1.807) is 4.90 Å². The van der Waals surface area contributed by atoms with Crippen LogP contribution in [0.3, 0.4) is 0 Å². The third kappa shape index (κ3) is 3.71. The maximum absolute atomic E-state index is 12.8. The van der Waals surface area contributed by atoms with Crippen molar-refractivity contribution in [2.45, 2.75) is 6.42 Å². The number of halogens is 2. The fourth-order valence-electron chi connectivity index (χ4n) is 3.90. The number of hydrogen-bond acceptors (Lipinski definition) is 2. The van der Waals surface area contributed by atoms with Crippen molar-refractivity contribution in [1.29, 1.82) is 0 Å². The van der Waals surface area contributed by atoms with Gasteiger partial charge in [-0.15, -0.1) is 0 Å². The molecule has 0 atom stereocenters. The molecule has 2 amide bonds. The summed E-state index contributed by atoms with van der Waals surface area (Å²) in [6.45, 7) is 6.22. The van der Waals surface area contributed by atoms with Crippen LogP contribution in [0.1, 0.15) is 27.1 Å². The lowest BCUT2D eigenvalue weighted by Gasteiger charge is -2.28. The highest BCUT2D eigenvalue weighted by Gasteiger charge is 2.32. The van der Waals surface area contributed by atoms with Crippen molar-refractivity contribution in [3.63, 3.8) is 0 Å². The summed E-state index contributed by atoms with van der Waals surface area (Å²) in [5.74, 6) is -0.294. The lowest BCUT2D eigenvalue weighted by molar-refractivity contribution is -0.946. The molecule has 2 aromatic carbocycles. The highest BCUT2D eigenvalue weighted by Crippen LogP contribution is 2.29. The maximum Gasteiger partial charge on any atom is 0.261 e. The molecule has 7 heteroatoms. The van der Waals surface area contributed by atoms with Crippen LogP contribution in [0.5, 0.6) is 0 Å². The molecule has 5 nitrogen and oxygen atoms in total. The fraction of sp³-hybridized carbons (Fsp3) is 0.368. The molecule has 0 radical (unpaired) electrons. The molecule has 0 spiro atoms. The topological polar surface area (TPSA) is 58.4 Å². The van der Waals surface area contributed by atoms with Gasteiger partial charge >= 0.3 is 0 Å². The average molecular weight is 396 g/mol. The minimum absolute atomic E-state index is 0. The Labute approximate surface area is 165 Å². The van der Waals surface area contributed by atoms with E-state index in [1.807, 2.05) is 36.4 Å². The largest absolute Gasteiger partial charge is 1.00 e. The van der Waals surface area contributed by atoms with E-state index in [2.05, 4.69) is 5.32 Å². The molecule has 2 aliphatic rings. The normalized spacial score (nSPS) is 17.0. The molecule has 1 fully saturated rings. The number of hydrogen-bond donors (Lipinski definition) is 2. The Kier molecular flexibility index (Phi) is 7.01. The first-order valence-corrected chi connectivity index (χ1v) is 8.79. The van der Waals surface area contributed by atoms with E-state index in [4.69, 9.17) is 0 Å². The second kappa shape index (κ2) is 8.82. The van der Waals surface area contributed by atoms with Crippen LogP contribution >= 0.6 is 0 Å². The zero-order valence-electron chi connectivity index (χ0n) is 14.5. The second-order valence-corrected chi connectivity index (χ2v) is 6.69. The van der Waals surface area contributed by atoms with Gasteiger partial charge in [0.25, 0.3) is 11.8 Å². The Bertz CT molecular complexity index is 756. The molecule has 2 aromatic rings. The van der Waals surface area contributed by atoms with Crippen molar-refractivity contribution in [3.05, 3.63) is 47.5 Å². The molecule has 2 heterocycles. The van der Waals surface area contributed by atoms with Crippen LogP contribution in [0.25, 0.3) is 10.8 Å².